The molecule has 3 aromatic rings. The van der Waals surface area contributed by atoms with Crippen LogP contribution in [0.25, 0.3) is 0 Å². The minimum atomic E-state index is -3.99. The Hall–Kier alpha value is -3.10. The third-order valence-electron chi connectivity index (χ3n) is 4.25. The Morgan fingerprint density at radius 1 is 1.13 bits per heavy atom. The summed E-state index contributed by atoms with van der Waals surface area (Å²) in [6.45, 7) is 0.388. The second kappa shape index (κ2) is 9.60. The molecule has 0 unspecified atom stereocenters. The fraction of sp³-hybridized carbons (Fsp3) is 0.143. The number of halogens is 1. The van der Waals surface area contributed by atoms with Gasteiger partial charge in [0.1, 0.15) is 10.6 Å². The van der Waals surface area contributed by atoms with Crippen LogP contribution in [0, 0.1) is 0 Å². The van der Waals surface area contributed by atoms with Gasteiger partial charge in [-0.25, -0.2) is 8.42 Å². The number of benzene rings is 2. The first-order valence-electron chi connectivity index (χ1n) is 9.02. The van der Waals surface area contributed by atoms with Crippen molar-refractivity contribution >= 4 is 33.2 Å². The van der Waals surface area contributed by atoms with E-state index in [0.29, 0.717) is 24.4 Å². The van der Waals surface area contributed by atoms with Crippen molar-refractivity contribution < 1.29 is 17.9 Å². The van der Waals surface area contributed by atoms with Gasteiger partial charge >= 0.3 is 0 Å². The smallest absolute Gasteiger partial charge is 0.263 e. The molecule has 3 rings (SSSR count). The lowest BCUT2D eigenvalue weighted by atomic mass is 10.2. The van der Waals surface area contributed by atoms with Crippen molar-refractivity contribution in [2.45, 2.75) is 11.3 Å². The molecule has 0 atom stereocenters. The summed E-state index contributed by atoms with van der Waals surface area (Å²) in [5.74, 6) is 0.206. The van der Waals surface area contributed by atoms with Crippen LogP contribution in [0.15, 0.2) is 71.9 Å². The van der Waals surface area contributed by atoms with Gasteiger partial charge in [0, 0.05) is 30.2 Å². The van der Waals surface area contributed by atoms with Gasteiger partial charge in [0.25, 0.3) is 15.9 Å². The second-order valence-electron chi connectivity index (χ2n) is 6.35. The van der Waals surface area contributed by atoms with Crippen LogP contribution in [0.4, 0.5) is 5.69 Å². The number of hydrogen-bond acceptors (Lipinski definition) is 5. The zero-order valence-corrected chi connectivity index (χ0v) is 17.7. The van der Waals surface area contributed by atoms with Crippen molar-refractivity contribution in [1.82, 2.24) is 10.3 Å². The van der Waals surface area contributed by atoms with Crippen molar-refractivity contribution in [2.24, 2.45) is 0 Å². The fourth-order valence-electron chi connectivity index (χ4n) is 2.69. The van der Waals surface area contributed by atoms with Gasteiger partial charge in [-0.05, 0) is 60.5 Å². The van der Waals surface area contributed by atoms with E-state index in [1.807, 2.05) is 12.1 Å². The van der Waals surface area contributed by atoms with Gasteiger partial charge in [0.05, 0.1) is 12.1 Å². The molecular weight excluding hydrogens is 426 g/mol. The molecule has 0 aliphatic rings. The van der Waals surface area contributed by atoms with Gasteiger partial charge in [-0.2, -0.15) is 0 Å². The van der Waals surface area contributed by atoms with Gasteiger partial charge in [-0.15, -0.1) is 0 Å². The first-order chi connectivity index (χ1) is 14.4. The van der Waals surface area contributed by atoms with Crippen LogP contribution in [0.1, 0.15) is 15.9 Å². The molecule has 30 heavy (non-hydrogen) atoms. The van der Waals surface area contributed by atoms with Crippen molar-refractivity contribution in [3.05, 3.63) is 83.1 Å². The molecule has 7 nitrogen and oxygen atoms in total. The van der Waals surface area contributed by atoms with Crippen LogP contribution >= 0.6 is 11.6 Å². The summed E-state index contributed by atoms with van der Waals surface area (Å²) in [6.07, 6.45) is 4.01. The maximum atomic E-state index is 12.8. The Morgan fingerprint density at radius 2 is 1.90 bits per heavy atom. The molecular formula is C21H20ClN3O4S. The lowest BCUT2D eigenvalue weighted by Crippen LogP contribution is -2.26. The number of nitrogens with zero attached hydrogens (tertiary/aromatic N) is 1. The lowest BCUT2D eigenvalue weighted by molar-refractivity contribution is 0.0954. The van der Waals surface area contributed by atoms with Gasteiger partial charge in [-0.3, -0.25) is 14.5 Å². The molecule has 0 aliphatic carbocycles. The topological polar surface area (TPSA) is 97.4 Å². The Bertz CT molecular complexity index is 1120. The number of pyridine rings is 1. The minimum absolute atomic E-state index is 0.0166. The molecule has 156 valence electrons. The summed E-state index contributed by atoms with van der Waals surface area (Å²) in [6, 6.07) is 14.3. The molecule has 0 spiro atoms. The molecule has 0 saturated carbocycles. The number of aromatic nitrogens is 1. The Morgan fingerprint density at radius 3 is 2.57 bits per heavy atom. The third kappa shape index (κ3) is 5.49. The van der Waals surface area contributed by atoms with Gasteiger partial charge in [0.2, 0.25) is 0 Å². The number of carbonyl (C=O) groups is 1. The minimum Gasteiger partial charge on any atom is -0.497 e. The van der Waals surface area contributed by atoms with Crippen LogP contribution in [-0.4, -0.2) is 33.0 Å². The van der Waals surface area contributed by atoms with E-state index in [1.165, 1.54) is 25.3 Å². The van der Waals surface area contributed by atoms with Crippen LogP contribution in [0.3, 0.4) is 0 Å². The van der Waals surface area contributed by atoms with Crippen LogP contribution < -0.4 is 14.8 Å². The van der Waals surface area contributed by atoms with E-state index in [4.69, 9.17) is 16.3 Å². The molecule has 0 aliphatic heterocycles. The lowest BCUT2D eigenvalue weighted by Gasteiger charge is -2.12. The molecule has 0 radical (unpaired) electrons. The summed E-state index contributed by atoms with van der Waals surface area (Å²) in [5.41, 5.74) is 1.53. The molecule has 0 fully saturated rings. The van der Waals surface area contributed by atoms with E-state index in [9.17, 15) is 13.2 Å². The molecule has 0 saturated heterocycles. The highest BCUT2D eigenvalue weighted by molar-refractivity contribution is 7.92. The van der Waals surface area contributed by atoms with E-state index in [-0.39, 0.29) is 15.5 Å². The van der Waals surface area contributed by atoms with Crippen LogP contribution in [0.5, 0.6) is 5.75 Å². The fourth-order valence-corrected chi connectivity index (χ4v) is 4.27. The number of amides is 1. The highest BCUT2D eigenvalue weighted by Gasteiger charge is 2.20. The average Bonchev–Trinajstić information content (AvgIpc) is 2.75. The summed E-state index contributed by atoms with van der Waals surface area (Å²) in [4.78, 5) is 16.3. The number of rotatable bonds is 8. The van der Waals surface area contributed by atoms with E-state index in [1.54, 1.807) is 36.7 Å². The van der Waals surface area contributed by atoms with Crippen LogP contribution in [0.2, 0.25) is 5.02 Å². The third-order valence-corrected chi connectivity index (χ3v) is 6.11. The monoisotopic (exact) mass is 445 g/mol. The number of methoxy groups -OCH3 is 1. The highest BCUT2D eigenvalue weighted by atomic mass is 35.5. The van der Waals surface area contributed by atoms with Crippen molar-refractivity contribution in [3.63, 3.8) is 0 Å². The van der Waals surface area contributed by atoms with Crippen LogP contribution in [-0.2, 0) is 16.4 Å². The molecule has 1 heterocycles. The standard InChI is InChI=1S/C21H20ClN3O4S/c1-29-18-7-5-17(6-8-18)25-30(27,28)20-13-16(4-9-19(20)22)21(26)24-12-10-15-3-2-11-23-14-15/h2-9,11,13-14,25H,10,12H2,1H3,(H,24,26). The van der Waals surface area contributed by atoms with Crippen molar-refractivity contribution in [2.75, 3.05) is 18.4 Å². The molecule has 2 aromatic carbocycles. The number of hydrogen-bond donors (Lipinski definition) is 2. The van der Waals surface area contributed by atoms with Gasteiger partial charge in [0.15, 0.2) is 0 Å². The number of ether oxygens (including phenoxy) is 1. The largest absolute Gasteiger partial charge is 0.497 e. The number of carbonyl (C=O) groups excluding carboxylic acids is 1. The summed E-state index contributed by atoms with van der Waals surface area (Å²) >= 11 is 6.11. The first-order valence-corrected chi connectivity index (χ1v) is 10.9. The predicted molar refractivity (Wildman–Crippen MR) is 116 cm³/mol. The average molecular weight is 446 g/mol. The number of nitrogens with one attached hydrogen (secondary N) is 2. The normalized spacial score (nSPS) is 11.0. The SMILES string of the molecule is COc1ccc(NS(=O)(=O)c2cc(C(=O)NCCc3cccnc3)ccc2Cl)cc1. The maximum absolute atomic E-state index is 12.8. The van der Waals surface area contributed by atoms with E-state index >= 15 is 0 Å². The van der Waals surface area contributed by atoms with Crippen molar-refractivity contribution in [3.8, 4) is 5.75 Å². The number of anilines is 1. The molecule has 1 amide bonds. The summed E-state index contributed by atoms with van der Waals surface area (Å²) in [5, 5.41) is 2.79. The van der Waals surface area contributed by atoms with E-state index in [2.05, 4.69) is 15.0 Å². The summed E-state index contributed by atoms with van der Waals surface area (Å²) in [7, 11) is -2.47. The molecule has 0 bridgehead atoms. The van der Waals surface area contributed by atoms with E-state index < -0.39 is 15.9 Å². The Kier molecular flexibility index (Phi) is 6.91. The molecule has 2 N–H and O–H groups in total. The Balaban J connectivity index is 1.72. The molecule has 9 heteroatoms. The zero-order chi connectivity index (χ0) is 21.6. The van der Waals surface area contributed by atoms with Crippen molar-refractivity contribution in [1.29, 1.82) is 0 Å². The molecule has 1 aromatic heterocycles. The van der Waals surface area contributed by atoms with E-state index in [0.717, 1.165) is 5.56 Å². The highest BCUT2D eigenvalue weighted by Crippen LogP contribution is 2.26. The predicted octanol–water partition coefficient (Wildman–Crippen LogP) is 3.52. The van der Waals surface area contributed by atoms with Gasteiger partial charge in [-0.1, -0.05) is 17.7 Å². The summed E-state index contributed by atoms with van der Waals surface area (Å²) < 4.78 is 33.1. The van der Waals surface area contributed by atoms with Gasteiger partial charge < -0.3 is 10.1 Å². The zero-order valence-electron chi connectivity index (χ0n) is 16.1. The quantitative estimate of drug-likeness (QED) is 0.553. The first kappa shape index (κ1) is 21.6. The Labute approximate surface area is 180 Å². The second-order valence-corrected chi connectivity index (χ2v) is 8.40. The number of sulfonamides is 1. The maximum Gasteiger partial charge on any atom is 0.263 e.